The van der Waals surface area contributed by atoms with Gasteiger partial charge in [-0.3, -0.25) is 0 Å². The highest BCUT2D eigenvalue weighted by Crippen LogP contribution is 2.23. The van der Waals surface area contributed by atoms with Crippen LogP contribution in [0.3, 0.4) is 0 Å². The predicted molar refractivity (Wildman–Crippen MR) is 105 cm³/mol. The van der Waals surface area contributed by atoms with Crippen LogP contribution in [0.1, 0.15) is 22.7 Å². The third-order valence-electron chi connectivity index (χ3n) is 4.02. The van der Waals surface area contributed by atoms with Crippen LogP contribution in [-0.2, 0) is 0 Å². The van der Waals surface area contributed by atoms with Crippen molar-refractivity contribution in [2.75, 3.05) is 5.32 Å². The highest BCUT2D eigenvalue weighted by Gasteiger charge is 2.17. The summed E-state index contributed by atoms with van der Waals surface area (Å²) in [5.41, 5.74) is 2.88. The predicted octanol–water partition coefficient (Wildman–Crippen LogP) is 5.35. The summed E-state index contributed by atoms with van der Waals surface area (Å²) in [6, 6.07) is 21.2. The smallest absolute Gasteiger partial charge is 0.171 e. The lowest BCUT2D eigenvalue weighted by molar-refractivity contribution is 0.591. The Morgan fingerprint density at radius 2 is 1.38 bits per heavy atom. The third-order valence-corrected chi connectivity index (χ3v) is 4.24. The van der Waals surface area contributed by atoms with Crippen molar-refractivity contribution in [3.63, 3.8) is 0 Å². The maximum atomic E-state index is 13.8. The zero-order valence-corrected chi connectivity index (χ0v) is 15.0. The molecule has 132 valence electrons. The summed E-state index contributed by atoms with van der Waals surface area (Å²) in [6.45, 7) is 2.02. The summed E-state index contributed by atoms with van der Waals surface area (Å²) >= 11 is 5.30. The number of benzene rings is 3. The maximum absolute atomic E-state index is 13.8. The van der Waals surface area contributed by atoms with Crippen LogP contribution in [0.5, 0.6) is 0 Å². The second-order valence-corrected chi connectivity index (χ2v) is 6.36. The Hall–Kier alpha value is -2.79. The molecule has 0 aliphatic carbocycles. The van der Waals surface area contributed by atoms with Gasteiger partial charge in [-0.2, -0.15) is 0 Å². The molecule has 3 aromatic rings. The average molecular weight is 368 g/mol. The van der Waals surface area contributed by atoms with Gasteiger partial charge in [-0.05, 0) is 42.4 Å². The largest absolute Gasteiger partial charge is 0.352 e. The molecule has 1 atom stereocenters. The van der Waals surface area contributed by atoms with Crippen LogP contribution >= 0.6 is 12.2 Å². The first-order valence-corrected chi connectivity index (χ1v) is 8.58. The van der Waals surface area contributed by atoms with Gasteiger partial charge < -0.3 is 10.6 Å². The minimum atomic E-state index is -0.694. The number of nitrogens with one attached hydrogen (secondary N) is 2. The summed E-state index contributed by atoms with van der Waals surface area (Å²) < 4.78 is 27.7. The number of anilines is 1. The van der Waals surface area contributed by atoms with Crippen LogP contribution in [0.15, 0.2) is 72.8 Å². The molecule has 1 unspecified atom stereocenters. The molecule has 2 nitrogen and oxygen atoms in total. The molecular weight excluding hydrogens is 350 g/mol. The highest BCUT2D eigenvalue weighted by molar-refractivity contribution is 7.80. The van der Waals surface area contributed by atoms with Crippen LogP contribution in [0, 0.1) is 18.6 Å². The molecule has 0 aliphatic rings. The lowest BCUT2D eigenvalue weighted by atomic mass is 9.98. The number of halogens is 2. The fourth-order valence-electron chi connectivity index (χ4n) is 2.66. The summed E-state index contributed by atoms with van der Waals surface area (Å²) in [5.74, 6) is -1.39. The Labute approximate surface area is 156 Å². The lowest BCUT2D eigenvalue weighted by Crippen LogP contribution is -2.33. The van der Waals surface area contributed by atoms with E-state index in [9.17, 15) is 8.78 Å². The van der Waals surface area contributed by atoms with Crippen LogP contribution in [-0.4, -0.2) is 5.11 Å². The molecule has 0 aromatic heterocycles. The van der Waals surface area contributed by atoms with E-state index >= 15 is 0 Å². The molecule has 0 fully saturated rings. The van der Waals surface area contributed by atoms with Crippen molar-refractivity contribution in [2.45, 2.75) is 13.0 Å². The molecule has 0 amide bonds. The third kappa shape index (κ3) is 4.24. The first-order chi connectivity index (χ1) is 12.5. The number of thiocarbonyl (C=S) groups is 1. The molecule has 0 heterocycles. The molecule has 3 aromatic carbocycles. The Kier molecular flexibility index (Phi) is 5.58. The summed E-state index contributed by atoms with van der Waals surface area (Å²) in [4.78, 5) is 0. The average Bonchev–Trinajstić information content (AvgIpc) is 2.64. The van der Waals surface area contributed by atoms with Crippen molar-refractivity contribution in [1.82, 2.24) is 5.32 Å². The lowest BCUT2D eigenvalue weighted by Gasteiger charge is -2.22. The number of hydrogen-bond donors (Lipinski definition) is 2. The van der Waals surface area contributed by atoms with E-state index in [1.54, 1.807) is 0 Å². The highest BCUT2D eigenvalue weighted by atomic mass is 32.1. The van der Waals surface area contributed by atoms with Crippen molar-refractivity contribution < 1.29 is 8.78 Å². The molecule has 0 saturated carbocycles. The molecule has 0 saturated heterocycles. The standard InChI is InChI=1S/C21H18F2N2S/c1-14-10-12-16(13-11-14)19(15-6-3-2-4-7-15)24-21(26)25-20-17(22)8-5-9-18(20)23/h2-13,19H,1H3,(H2,24,25,26). The zero-order chi connectivity index (χ0) is 18.5. The summed E-state index contributed by atoms with van der Waals surface area (Å²) in [5, 5.41) is 5.93. The second-order valence-electron chi connectivity index (χ2n) is 5.95. The van der Waals surface area contributed by atoms with E-state index in [2.05, 4.69) is 10.6 Å². The van der Waals surface area contributed by atoms with Crippen molar-refractivity contribution in [1.29, 1.82) is 0 Å². The first kappa shape index (κ1) is 18.0. The Balaban J connectivity index is 1.86. The molecule has 3 rings (SSSR count). The molecule has 0 radical (unpaired) electrons. The number of aryl methyl sites for hydroxylation is 1. The van der Waals surface area contributed by atoms with Gasteiger partial charge in [0, 0.05) is 0 Å². The van der Waals surface area contributed by atoms with E-state index in [0.29, 0.717) is 0 Å². The molecule has 0 spiro atoms. The monoisotopic (exact) mass is 368 g/mol. The van der Waals surface area contributed by atoms with Gasteiger partial charge in [0.25, 0.3) is 0 Å². The van der Waals surface area contributed by atoms with Crippen LogP contribution in [0.4, 0.5) is 14.5 Å². The first-order valence-electron chi connectivity index (χ1n) is 8.17. The minimum absolute atomic E-state index is 0.142. The van der Waals surface area contributed by atoms with E-state index in [-0.39, 0.29) is 16.8 Å². The summed E-state index contributed by atoms with van der Waals surface area (Å²) in [7, 11) is 0. The topological polar surface area (TPSA) is 24.1 Å². The molecule has 0 bridgehead atoms. The van der Waals surface area contributed by atoms with E-state index in [0.717, 1.165) is 16.7 Å². The SMILES string of the molecule is Cc1ccc(C(NC(=S)Nc2c(F)cccc2F)c2ccccc2)cc1. The van der Waals surface area contributed by atoms with Crippen molar-refractivity contribution in [3.05, 3.63) is 101 Å². The van der Waals surface area contributed by atoms with E-state index in [1.165, 1.54) is 18.2 Å². The van der Waals surface area contributed by atoms with Crippen LogP contribution < -0.4 is 10.6 Å². The number of para-hydroxylation sites is 1. The molecule has 2 N–H and O–H groups in total. The van der Waals surface area contributed by atoms with Crippen LogP contribution in [0.2, 0.25) is 0 Å². The summed E-state index contributed by atoms with van der Waals surface area (Å²) in [6.07, 6.45) is 0. The van der Waals surface area contributed by atoms with Crippen molar-refractivity contribution >= 4 is 23.0 Å². The maximum Gasteiger partial charge on any atom is 0.171 e. The molecule has 26 heavy (non-hydrogen) atoms. The van der Waals surface area contributed by atoms with Gasteiger partial charge in [0.2, 0.25) is 0 Å². The zero-order valence-electron chi connectivity index (χ0n) is 14.2. The second kappa shape index (κ2) is 8.06. The van der Waals surface area contributed by atoms with Crippen LogP contribution in [0.25, 0.3) is 0 Å². The van der Waals surface area contributed by atoms with Gasteiger partial charge >= 0.3 is 0 Å². The quantitative estimate of drug-likeness (QED) is 0.607. The van der Waals surface area contributed by atoms with Crippen molar-refractivity contribution in [3.8, 4) is 0 Å². The fourth-order valence-corrected chi connectivity index (χ4v) is 2.88. The van der Waals surface area contributed by atoms with Gasteiger partial charge in [0.1, 0.15) is 17.3 Å². The Morgan fingerprint density at radius 3 is 2.00 bits per heavy atom. The van der Waals surface area contributed by atoms with E-state index < -0.39 is 11.6 Å². The van der Waals surface area contributed by atoms with E-state index in [4.69, 9.17) is 12.2 Å². The minimum Gasteiger partial charge on any atom is -0.352 e. The molecular formula is C21H18F2N2S. The van der Waals surface area contributed by atoms with Crippen molar-refractivity contribution in [2.24, 2.45) is 0 Å². The van der Waals surface area contributed by atoms with Gasteiger partial charge in [0.05, 0.1) is 6.04 Å². The van der Waals surface area contributed by atoms with Gasteiger partial charge in [-0.25, -0.2) is 8.78 Å². The molecule has 5 heteroatoms. The number of rotatable bonds is 4. The Bertz CT molecular complexity index is 875. The van der Waals surface area contributed by atoms with Gasteiger partial charge in [-0.15, -0.1) is 0 Å². The van der Waals surface area contributed by atoms with Gasteiger partial charge in [0.15, 0.2) is 5.11 Å². The number of hydrogen-bond acceptors (Lipinski definition) is 1. The van der Waals surface area contributed by atoms with Gasteiger partial charge in [-0.1, -0.05) is 66.2 Å². The van der Waals surface area contributed by atoms with E-state index in [1.807, 2.05) is 61.5 Å². The fraction of sp³-hybridized carbons (Fsp3) is 0.0952. The normalized spacial score (nSPS) is 11.7. The Morgan fingerprint density at radius 1 is 0.808 bits per heavy atom. The molecule has 0 aliphatic heterocycles.